The molecule has 1 aliphatic heterocycles. The largest absolute Gasteiger partial charge is 0.497 e. The van der Waals surface area contributed by atoms with Crippen molar-refractivity contribution in [2.75, 3.05) is 25.1 Å². The summed E-state index contributed by atoms with van der Waals surface area (Å²) in [5.41, 5.74) is 0.258. The third kappa shape index (κ3) is 3.49. The molecule has 0 saturated carbocycles. The van der Waals surface area contributed by atoms with Crippen molar-refractivity contribution in [2.24, 2.45) is 5.41 Å². The Labute approximate surface area is 168 Å². The minimum Gasteiger partial charge on any atom is -0.497 e. The highest BCUT2D eigenvalue weighted by molar-refractivity contribution is 5.89. The zero-order valence-corrected chi connectivity index (χ0v) is 16.2. The van der Waals surface area contributed by atoms with Gasteiger partial charge < -0.3 is 19.8 Å². The summed E-state index contributed by atoms with van der Waals surface area (Å²) in [6, 6.07) is 12.9. The van der Waals surface area contributed by atoms with Crippen LogP contribution in [-0.4, -0.2) is 52.5 Å². The first kappa shape index (κ1) is 19.1. The Morgan fingerprint density at radius 2 is 2.10 bits per heavy atom. The number of aliphatic hydroxyl groups excluding tert-OH is 1. The number of rotatable bonds is 5. The lowest BCUT2D eigenvalue weighted by molar-refractivity contribution is -0.157. The fraction of sp³-hybridized carbons (Fsp3) is 0.318. The van der Waals surface area contributed by atoms with E-state index in [0.717, 1.165) is 16.5 Å². The normalized spacial score (nSPS) is 21.9. The summed E-state index contributed by atoms with van der Waals surface area (Å²) in [6.45, 7) is 0.678. The van der Waals surface area contributed by atoms with Gasteiger partial charge in [0.2, 0.25) is 0 Å². The average Bonchev–Trinajstić information content (AvgIpc) is 2.75. The summed E-state index contributed by atoms with van der Waals surface area (Å²) in [5.74, 6) is 0.335. The molecule has 0 bridgehead atoms. The van der Waals surface area contributed by atoms with E-state index in [1.54, 1.807) is 19.5 Å². The minimum atomic E-state index is -1.35. The Bertz CT molecular complexity index is 1040. The van der Waals surface area contributed by atoms with Gasteiger partial charge in [0.25, 0.3) is 0 Å². The van der Waals surface area contributed by atoms with Crippen molar-refractivity contribution in [1.82, 2.24) is 9.97 Å². The third-order valence-electron chi connectivity index (χ3n) is 5.67. The van der Waals surface area contributed by atoms with E-state index in [1.165, 1.54) is 0 Å². The molecule has 2 N–H and O–H groups in total. The molecule has 3 aromatic rings. The summed E-state index contributed by atoms with van der Waals surface area (Å²) in [7, 11) is 1.57. The molecular formula is C22H23N3O4. The van der Waals surface area contributed by atoms with Crippen LogP contribution < -0.4 is 9.64 Å². The Morgan fingerprint density at radius 3 is 2.90 bits per heavy atom. The molecule has 0 aliphatic carbocycles. The number of anilines is 1. The molecule has 2 aromatic heterocycles. The van der Waals surface area contributed by atoms with Gasteiger partial charge in [-0.25, -0.2) is 4.98 Å². The summed E-state index contributed by atoms with van der Waals surface area (Å²) in [6.07, 6.45) is 2.97. The topological polar surface area (TPSA) is 95.8 Å². The molecular weight excluding hydrogens is 370 g/mol. The molecule has 7 nitrogen and oxygen atoms in total. The number of carboxylic acid groups (broad SMARTS) is 1. The monoisotopic (exact) mass is 393 g/mol. The SMILES string of the molecule is COc1cccc(C[C@@]2(C(=O)O)CN(c3nccc4ncccc34)CC[C@H]2O)c1. The molecule has 2 atom stereocenters. The van der Waals surface area contributed by atoms with Crippen LogP contribution in [0.3, 0.4) is 0 Å². The molecule has 4 rings (SSSR count). The molecule has 0 spiro atoms. The number of piperidine rings is 1. The molecule has 0 unspecified atom stereocenters. The lowest BCUT2D eigenvalue weighted by atomic mass is 9.72. The molecule has 1 aromatic carbocycles. The van der Waals surface area contributed by atoms with E-state index in [4.69, 9.17) is 4.74 Å². The van der Waals surface area contributed by atoms with Crippen LogP contribution in [0.25, 0.3) is 10.9 Å². The number of hydrogen-bond acceptors (Lipinski definition) is 6. The number of aliphatic hydroxyl groups is 1. The Balaban J connectivity index is 1.72. The van der Waals surface area contributed by atoms with E-state index < -0.39 is 17.5 Å². The van der Waals surface area contributed by atoms with E-state index in [9.17, 15) is 15.0 Å². The van der Waals surface area contributed by atoms with Crippen LogP contribution in [0, 0.1) is 5.41 Å². The molecule has 0 amide bonds. The van der Waals surface area contributed by atoms with Gasteiger partial charge in [0.15, 0.2) is 0 Å². The van der Waals surface area contributed by atoms with Gasteiger partial charge in [-0.1, -0.05) is 12.1 Å². The van der Waals surface area contributed by atoms with Gasteiger partial charge >= 0.3 is 5.97 Å². The molecule has 1 aliphatic rings. The Kier molecular flexibility index (Phi) is 5.07. The van der Waals surface area contributed by atoms with Crippen LogP contribution in [0.4, 0.5) is 5.82 Å². The number of methoxy groups -OCH3 is 1. The third-order valence-corrected chi connectivity index (χ3v) is 5.67. The maximum atomic E-state index is 12.4. The first-order chi connectivity index (χ1) is 14.0. The van der Waals surface area contributed by atoms with Gasteiger partial charge in [0, 0.05) is 30.9 Å². The molecule has 0 radical (unpaired) electrons. The van der Waals surface area contributed by atoms with Crippen LogP contribution >= 0.6 is 0 Å². The fourth-order valence-corrected chi connectivity index (χ4v) is 4.11. The average molecular weight is 393 g/mol. The van der Waals surface area contributed by atoms with Gasteiger partial charge in [-0.2, -0.15) is 0 Å². The van der Waals surface area contributed by atoms with Crippen molar-refractivity contribution in [3.63, 3.8) is 0 Å². The summed E-state index contributed by atoms with van der Waals surface area (Å²) in [4.78, 5) is 23.3. The molecule has 3 heterocycles. The van der Waals surface area contributed by atoms with Crippen LogP contribution in [0.15, 0.2) is 54.9 Å². The highest BCUT2D eigenvalue weighted by Gasteiger charge is 2.49. The highest BCUT2D eigenvalue weighted by Crippen LogP contribution is 2.38. The Hall–Kier alpha value is -3.19. The van der Waals surface area contributed by atoms with Gasteiger partial charge in [-0.05, 0) is 48.7 Å². The zero-order chi connectivity index (χ0) is 20.4. The lowest BCUT2D eigenvalue weighted by Crippen LogP contribution is -2.57. The van der Waals surface area contributed by atoms with Crippen molar-refractivity contribution in [3.05, 3.63) is 60.4 Å². The predicted octanol–water partition coefficient (Wildman–Crippen LogP) is 2.52. The van der Waals surface area contributed by atoms with Gasteiger partial charge in [0.1, 0.15) is 17.0 Å². The lowest BCUT2D eigenvalue weighted by Gasteiger charge is -2.44. The number of benzene rings is 1. The van der Waals surface area contributed by atoms with E-state index in [2.05, 4.69) is 9.97 Å². The predicted molar refractivity (Wildman–Crippen MR) is 109 cm³/mol. The maximum Gasteiger partial charge on any atom is 0.314 e. The van der Waals surface area contributed by atoms with Crippen LogP contribution in [-0.2, 0) is 11.2 Å². The first-order valence-electron chi connectivity index (χ1n) is 9.52. The minimum absolute atomic E-state index is 0.154. The van der Waals surface area contributed by atoms with Crippen molar-refractivity contribution in [2.45, 2.75) is 18.9 Å². The van der Waals surface area contributed by atoms with E-state index in [-0.39, 0.29) is 13.0 Å². The van der Waals surface area contributed by atoms with E-state index in [0.29, 0.717) is 24.5 Å². The molecule has 29 heavy (non-hydrogen) atoms. The molecule has 7 heteroatoms. The number of pyridine rings is 2. The summed E-state index contributed by atoms with van der Waals surface area (Å²) >= 11 is 0. The summed E-state index contributed by atoms with van der Waals surface area (Å²) in [5, 5.41) is 21.8. The molecule has 1 fully saturated rings. The number of aromatic nitrogens is 2. The second kappa shape index (κ2) is 7.67. The van der Waals surface area contributed by atoms with Gasteiger partial charge in [-0.15, -0.1) is 0 Å². The van der Waals surface area contributed by atoms with Crippen molar-refractivity contribution >= 4 is 22.7 Å². The van der Waals surface area contributed by atoms with Crippen molar-refractivity contribution in [3.8, 4) is 5.75 Å². The number of carboxylic acids is 1. The summed E-state index contributed by atoms with van der Waals surface area (Å²) < 4.78 is 5.27. The number of fused-ring (bicyclic) bond motifs is 1. The number of carbonyl (C=O) groups is 1. The fourth-order valence-electron chi connectivity index (χ4n) is 4.11. The van der Waals surface area contributed by atoms with Crippen LogP contribution in [0.2, 0.25) is 0 Å². The molecule has 150 valence electrons. The van der Waals surface area contributed by atoms with Crippen molar-refractivity contribution in [1.29, 1.82) is 0 Å². The van der Waals surface area contributed by atoms with Crippen LogP contribution in [0.1, 0.15) is 12.0 Å². The number of hydrogen-bond donors (Lipinski definition) is 2. The smallest absolute Gasteiger partial charge is 0.314 e. The van der Waals surface area contributed by atoms with Gasteiger partial charge in [0.05, 0.1) is 18.7 Å². The Morgan fingerprint density at radius 1 is 1.24 bits per heavy atom. The highest BCUT2D eigenvalue weighted by atomic mass is 16.5. The first-order valence-corrected chi connectivity index (χ1v) is 9.52. The van der Waals surface area contributed by atoms with Crippen molar-refractivity contribution < 1.29 is 19.7 Å². The van der Waals surface area contributed by atoms with Gasteiger partial charge in [-0.3, -0.25) is 9.78 Å². The second-order valence-electron chi connectivity index (χ2n) is 7.42. The number of ether oxygens (including phenoxy) is 1. The number of aliphatic carboxylic acids is 1. The molecule has 1 saturated heterocycles. The van der Waals surface area contributed by atoms with Crippen LogP contribution in [0.5, 0.6) is 5.75 Å². The number of nitrogens with zero attached hydrogens (tertiary/aromatic N) is 3. The standard InChI is InChI=1S/C22H23N3O4/c1-29-16-5-2-4-15(12-16)13-22(21(27)28)14-25(11-8-19(22)26)20-17-6-3-9-23-18(17)7-10-24-20/h2-7,9-10,12,19,26H,8,11,13-14H2,1H3,(H,27,28)/t19-,22-/m1/s1. The van der Waals surface area contributed by atoms with E-state index in [1.807, 2.05) is 47.4 Å². The second-order valence-corrected chi connectivity index (χ2v) is 7.42. The quantitative estimate of drug-likeness (QED) is 0.688. The zero-order valence-electron chi connectivity index (χ0n) is 16.2. The van der Waals surface area contributed by atoms with E-state index >= 15 is 0 Å². The maximum absolute atomic E-state index is 12.4.